The van der Waals surface area contributed by atoms with E-state index in [2.05, 4.69) is 11.9 Å². The first-order valence-electron chi connectivity index (χ1n) is 8.51. The molecule has 0 bridgehead atoms. The first kappa shape index (κ1) is 19.4. The van der Waals surface area contributed by atoms with Crippen LogP contribution in [0.4, 0.5) is 5.69 Å². The number of carbonyl (C=O) groups is 2. The van der Waals surface area contributed by atoms with Gasteiger partial charge in [-0.2, -0.15) is 0 Å². The molecule has 0 aliphatic heterocycles. The van der Waals surface area contributed by atoms with Crippen molar-refractivity contribution in [2.45, 2.75) is 13.0 Å². The zero-order valence-electron chi connectivity index (χ0n) is 15.1. The molecule has 1 unspecified atom stereocenters. The first-order chi connectivity index (χ1) is 12.6. The van der Waals surface area contributed by atoms with E-state index in [4.69, 9.17) is 4.74 Å². The van der Waals surface area contributed by atoms with Gasteiger partial charge in [0.2, 0.25) is 5.91 Å². The normalized spacial score (nSPS) is 11.5. The highest BCUT2D eigenvalue weighted by atomic mass is 16.5. The van der Waals surface area contributed by atoms with Crippen LogP contribution in [0.3, 0.4) is 0 Å². The maximum atomic E-state index is 12.4. The number of hydrogen-bond acceptors (Lipinski definition) is 3. The molecule has 0 saturated carbocycles. The summed E-state index contributed by atoms with van der Waals surface area (Å²) in [6.45, 7) is 6.34. The lowest BCUT2D eigenvalue weighted by Crippen LogP contribution is -2.29. The van der Waals surface area contributed by atoms with Crippen molar-refractivity contribution in [3.63, 3.8) is 0 Å². The Morgan fingerprint density at radius 1 is 1.15 bits per heavy atom. The third kappa shape index (κ3) is 5.04. The second kappa shape index (κ2) is 9.53. The van der Waals surface area contributed by atoms with E-state index < -0.39 is 0 Å². The molecule has 0 aliphatic rings. The lowest BCUT2D eigenvalue weighted by molar-refractivity contribution is -0.113. The van der Waals surface area contributed by atoms with E-state index in [1.807, 2.05) is 37.3 Å². The number of hydrogen-bond donors (Lipinski definition) is 1. The average Bonchev–Trinajstić information content (AvgIpc) is 2.70. The van der Waals surface area contributed by atoms with E-state index in [1.54, 1.807) is 31.3 Å². The number of benzene rings is 2. The summed E-state index contributed by atoms with van der Waals surface area (Å²) in [7, 11) is 1.66. The van der Waals surface area contributed by atoms with Crippen molar-refractivity contribution in [3.05, 3.63) is 78.4 Å². The van der Waals surface area contributed by atoms with E-state index in [0.29, 0.717) is 24.4 Å². The summed E-state index contributed by atoms with van der Waals surface area (Å²) in [6, 6.07) is 16.6. The molecular formula is C21H24N2O3. The van der Waals surface area contributed by atoms with Crippen molar-refractivity contribution in [3.8, 4) is 0 Å². The Morgan fingerprint density at radius 3 is 2.38 bits per heavy atom. The van der Waals surface area contributed by atoms with Gasteiger partial charge in [-0.05, 0) is 42.8 Å². The standard InChI is InChI=1S/C21H24N2O3/c1-4-20(24)23(3)18-13-11-17(12-14-18)21(25)22-15-19(26-5-2)16-9-7-6-8-10-16/h4,6-14,19H,1,5,15H2,2-3H3,(H,22,25). The van der Waals surface area contributed by atoms with E-state index in [9.17, 15) is 9.59 Å². The van der Waals surface area contributed by atoms with Crippen molar-refractivity contribution < 1.29 is 14.3 Å². The van der Waals surface area contributed by atoms with Gasteiger partial charge in [0.05, 0.1) is 6.10 Å². The molecule has 26 heavy (non-hydrogen) atoms. The van der Waals surface area contributed by atoms with Crippen LogP contribution >= 0.6 is 0 Å². The predicted molar refractivity (Wildman–Crippen MR) is 103 cm³/mol. The molecule has 0 heterocycles. The van der Waals surface area contributed by atoms with Crippen LogP contribution in [0.1, 0.15) is 28.9 Å². The van der Waals surface area contributed by atoms with E-state index in [1.165, 1.54) is 11.0 Å². The summed E-state index contributed by atoms with van der Waals surface area (Å²) >= 11 is 0. The summed E-state index contributed by atoms with van der Waals surface area (Å²) in [5.41, 5.74) is 2.24. The molecule has 0 aliphatic carbocycles. The Hall–Kier alpha value is -2.92. The van der Waals surface area contributed by atoms with Crippen LogP contribution in [-0.4, -0.2) is 32.0 Å². The molecule has 2 rings (SSSR count). The summed E-state index contributed by atoms with van der Waals surface area (Å²) in [5, 5.41) is 2.90. The van der Waals surface area contributed by atoms with Crippen LogP contribution in [0, 0.1) is 0 Å². The van der Waals surface area contributed by atoms with Crippen molar-refractivity contribution in [2.24, 2.45) is 0 Å². The Labute approximate surface area is 154 Å². The molecular weight excluding hydrogens is 328 g/mol. The molecule has 1 N–H and O–H groups in total. The summed E-state index contributed by atoms with van der Waals surface area (Å²) in [4.78, 5) is 25.5. The van der Waals surface area contributed by atoms with Crippen molar-refractivity contribution in [1.29, 1.82) is 0 Å². The molecule has 5 nitrogen and oxygen atoms in total. The Balaban J connectivity index is 2.00. The number of amides is 2. The number of rotatable bonds is 8. The minimum absolute atomic E-state index is 0.185. The van der Waals surface area contributed by atoms with Crippen molar-refractivity contribution in [1.82, 2.24) is 5.32 Å². The third-order valence-electron chi connectivity index (χ3n) is 4.01. The van der Waals surface area contributed by atoms with Crippen molar-refractivity contribution >= 4 is 17.5 Å². The quantitative estimate of drug-likeness (QED) is 0.741. The van der Waals surface area contributed by atoms with Gasteiger partial charge in [-0.1, -0.05) is 36.9 Å². The molecule has 2 aromatic carbocycles. The minimum atomic E-state index is -0.204. The van der Waals surface area contributed by atoms with Crippen LogP contribution in [0.25, 0.3) is 0 Å². The monoisotopic (exact) mass is 352 g/mol. The molecule has 5 heteroatoms. The second-order valence-corrected chi connectivity index (χ2v) is 5.71. The first-order valence-corrected chi connectivity index (χ1v) is 8.51. The van der Waals surface area contributed by atoms with Gasteiger partial charge in [-0.25, -0.2) is 0 Å². The minimum Gasteiger partial charge on any atom is -0.372 e. The molecule has 2 amide bonds. The number of ether oxygens (including phenoxy) is 1. The topological polar surface area (TPSA) is 58.6 Å². The second-order valence-electron chi connectivity index (χ2n) is 5.71. The fourth-order valence-corrected chi connectivity index (χ4v) is 2.53. The number of anilines is 1. The third-order valence-corrected chi connectivity index (χ3v) is 4.01. The zero-order chi connectivity index (χ0) is 18.9. The van der Waals surface area contributed by atoms with Gasteiger partial charge in [0.25, 0.3) is 5.91 Å². The van der Waals surface area contributed by atoms with Gasteiger partial charge in [0.15, 0.2) is 0 Å². The van der Waals surface area contributed by atoms with Gasteiger partial charge in [0.1, 0.15) is 0 Å². The van der Waals surface area contributed by atoms with Gasteiger partial charge >= 0.3 is 0 Å². The van der Waals surface area contributed by atoms with Crippen molar-refractivity contribution in [2.75, 3.05) is 25.1 Å². The van der Waals surface area contributed by atoms with Crippen LogP contribution in [-0.2, 0) is 9.53 Å². The van der Waals surface area contributed by atoms with Gasteiger partial charge in [-0.3, -0.25) is 9.59 Å². The molecule has 136 valence electrons. The van der Waals surface area contributed by atoms with E-state index in [-0.39, 0.29) is 17.9 Å². The van der Waals surface area contributed by atoms with Crippen LogP contribution in [0.2, 0.25) is 0 Å². The maximum absolute atomic E-state index is 12.4. The number of carbonyl (C=O) groups excluding carboxylic acids is 2. The van der Waals surface area contributed by atoms with Gasteiger partial charge in [0, 0.05) is 31.5 Å². The average molecular weight is 352 g/mol. The maximum Gasteiger partial charge on any atom is 0.251 e. The highest BCUT2D eigenvalue weighted by Gasteiger charge is 2.14. The highest BCUT2D eigenvalue weighted by Crippen LogP contribution is 2.17. The molecule has 0 spiro atoms. The number of likely N-dealkylation sites (N-methyl/N-ethyl adjacent to an activating group) is 1. The lowest BCUT2D eigenvalue weighted by Gasteiger charge is -2.18. The summed E-state index contributed by atoms with van der Waals surface area (Å²) in [5.74, 6) is -0.389. The number of nitrogens with zero attached hydrogens (tertiary/aromatic N) is 1. The molecule has 2 aromatic rings. The smallest absolute Gasteiger partial charge is 0.251 e. The molecule has 0 aromatic heterocycles. The Kier molecular flexibility index (Phi) is 7.12. The summed E-state index contributed by atoms with van der Waals surface area (Å²) < 4.78 is 5.74. The predicted octanol–water partition coefficient (Wildman–Crippen LogP) is 3.34. The van der Waals surface area contributed by atoms with Crippen LogP contribution < -0.4 is 10.2 Å². The lowest BCUT2D eigenvalue weighted by atomic mass is 10.1. The molecule has 0 saturated heterocycles. The molecule has 0 fully saturated rings. The van der Waals surface area contributed by atoms with E-state index >= 15 is 0 Å². The molecule has 1 atom stereocenters. The van der Waals surface area contributed by atoms with Gasteiger partial charge < -0.3 is 15.0 Å². The number of nitrogens with one attached hydrogen (secondary N) is 1. The van der Waals surface area contributed by atoms with E-state index in [0.717, 1.165) is 5.56 Å². The fraction of sp³-hybridized carbons (Fsp3) is 0.238. The highest BCUT2D eigenvalue weighted by molar-refractivity contribution is 6.01. The van der Waals surface area contributed by atoms with Gasteiger partial charge in [-0.15, -0.1) is 0 Å². The SMILES string of the molecule is C=CC(=O)N(C)c1ccc(C(=O)NCC(OCC)c2ccccc2)cc1. The Bertz CT molecular complexity index is 742. The zero-order valence-corrected chi connectivity index (χ0v) is 15.1. The fourth-order valence-electron chi connectivity index (χ4n) is 2.53. The summed E-state index contributed by atoms with van der Waals surface area (Å²) in [6.07, 6.45) is 1.05. The van der Waals surface area contributed by atoms with Crippen LogP contribution in [0.15, 0.2) is 67.3 Å². The Morgan fingerprint density at radius 2 is 1.81 bits per heavy atom. The largest absolute Gasteiger partial charge is 0.372 e. The van der Waals surface area contributed by atoms with Crippen LogP contribution in [0.5, 0.6) is 0 Å². The molecule has 0 radical (unpaired) electrons.